The number of halogens is 4. The molecule has 0 heterocycles. The molecule has 20 heavy (non-hydrogen) atoms. The van der Waals surface area contributed by atoms with Crippen molar-refractivity contribution in [1.29, 1.82) is 0 Å². The highest BCUT2D eigenvalue weighted by Crippen LogP contribution is 2.33. The molecule has 1 rings (SSSR count). The number of nitro benzene ring substituents is 1. The predicted molar refractivity (Wildman–Crippen MR) is 56.2 cm³/mol. The van der Waals surface area contributed by atoms with E-state index in [-0.39, 0.29) is 6.07 Å². The lowest BCUT2D eigenvalue weighted by atomic mass is 10.1. The van der Waals surface area contributed by atoms with Gasteiger partial charge in [0.05, 0.1) is 16.6 Å². The number of carbonyl (C=O) groups is 1. The van der Waals surface area contributed by atoms with Crippen molar-refractivity contribution in [2.45, 2.75) is 19.2 Å². The summed E-state index contributed by atoms with van der Waals surface area (Å²) in [6, 6.07) is 0.542. The zero-order valence-corrected chi connectivity index (χ0v) is 9.77. The molecule has 1 unspecified atom stereocenters. The molecular weight excluding hydrogens is 290 g/mol. The van der Waals surface area contributed by atoms with Crippen molar-refractivity contribution in [2.75, 3.05) is 0 Å². The molecule has 110 valence electrons. The minimum absolute atomic E-state index is 0.196. The third kappa shape index (κ3) is 3.33. The zero-order chi connectivity index (χ0) is 15.7. The number of aromatic carboxylic acids is 1. The van der Waals surface area contributed by atoms with Gasteiger partial charge in [-0.05, 0) is 6.92 Å². The summed E-state index contributed by atoms with van der Waals surface area (Å²) in [7, 11) is 0. The molecule has 1 aromatic carbocycles. The molecule has 0 amide bonds. The molecule has 0 aliphatic heterocycles. The van der Waals surface area contributed by atoms with Gasteiger partial charge >= 0.3 is 17.8 Å². The fourth-order valence-electron chi connectivity index (χ4n) is 1.20. The van der Waals surface area contributed by atoms with Crippen LogP contribution in [-0.2, 0) is 0 Å². The Hall–Kier alpha value is -2.39. The van der Waals surface area contributed by atoms with Crippen LogP contribution < -0.4 is 4.74 Å². The summed E-state index contributed by atoms with van der Waals surface area (Å²) >= 11 is 0. The number of hydrogen-bond acceptors (Lipinski definition) is 4. The number of rotatable bonds is 4. The zero-order valence-electron chi connectivity index (χ0n) is 9.77. The summed E-state index contributed by atoms with van der Waals surface area (Å²) < 4.78 is 54.5. The SMILES string of the molecule is CC(Oc1cc(C(=O)O)c(F)cc1[N+](=O)[O-])C(F)(F)F. The number of hydrogen-bond donors (Lipinski definition) is 1. The van der Waals surface area contributed by atoms with Crippen LogP contribution in [0.2, 0.25) is 0 Å². The average molecular weight is 297 g/mol. The summed E-state index contributed by atoms with van der Waals surface area (Å²) in [5.74, 6) is -4.21. The van der Waals surface area contributed by atoms with Crippen molar-refractivity contribution >= 4 is 11.7 Å². The molecule has 1 aromatic rings. The second-order valence-electron chi connectivity index (χ2n) is 3.66. The lowest BCUT2D eigenvalue weighted by molar-refractivity contribution is -0.386. The molecule has 0 bridgehead atoms. The highest BCUT2D eigenvalue weighted by Gasteiger charge is 2.39. The van der Waals surface area contributed by atoms with Crippen LogP contribution >= 0.6 is 0 Å². The number of nitrogens with zero attached hydrogens (tertiary/aromatic N) is 1. The van der Waals surface area contributed by atoms with E-state index in [9.17, 15) is 32.5 Å². The van der Waals surface area contributed by atoms with E-state index in [0.29, 0.717) is 13.0 Å². The van der Waals surface area contributed by atoms with Gasteiger partial charge in [-0.3, -0.25) is 10.1 Å². The highest BCUT2D eigenvalue weighted by molar-refractivity contribution is 5.89. The van der Waals surface area contributed by atoms with Crippen molar-refractivity contribution in [1.82, 2.24) is 0 Å². The summed E-state index contributed by atoms with van der Waals surface area (Å²) in [6.07, 6.45) is -7.24. The van der Waals surface area contributed by atoms with E-state index in [2.05, 4.69) is 4.74 Å². The topological polar surface area (TPSA) is 89.7 Å². The largest absolute Gasteiger partial charge is 0.478 e. The van der Waals surface area contributed by atoms with Crippen molar-refractivity contribution in [3.05, 3.63) is 33.6 Å². The maximum atomic E-state index is 13.2. The number of nitro groups is 1. The lowest BCUT2D eigenvalue weighted by Crippen LogP contribution is -2.31. The second kappa shape index (κ2) is 5.31. The first kappa shape index (κ1) is 15.7. The van der Waals surface area contributed by atoms with E-state index in [1.165, 1.54) is 0 Å². The molecule has 1 N–H and O–H groups in total. The Balaban J connectivity index is 3.32. The van der Waals surface area contributed by atoms with E-state index >= 15 is 0 Å². The molecule has 0 fully saturated rings. The average Bonchev–Trinajstić information content (AvgIpc) is 2.28. The molecule has 1 atom stereocenters. The Kier molecular flexibility index (Phi) is 4.16. The molecule has 0 saturated heterocycles. The molecule has 0 saturated carbocycles. The summed E-state index contributed by atoms with van der Waals surface area (Å²) in [6.45, 7) is 0.577. The van der Waals surface area contributed by atoms with Gasteiger partial charge in [-0.25, -0.2) is 9.18 Å². The van der Waals surface area contributed by atoms with Crippen LogP contribution in [0.25, 0.3) is 0 Å². The Morgan fingerprint density at radius 2 is 2.00 bits per heavy atom. The first-order valence-corrected chi connectivity index (χ1v) is 4.98. The van der Waals surface area contributed by atoms with Gasteiger partial charge in [0, 0.05) is 6.07 Å². The van der Waals surface area contributed by atoms with Crippen LogP contribution in [0.3, 0.4) is 0 Å². The van der Waals surface area contributed by atoms with Gasteiger partial charge in [-0.15, -0.1) is 0 Å². The molecule has 0 aliphatic carbocycles. The number of ether oxygens (including phenoxy) is 1. The maximum Gasteiger partial charge on any atom is 0.425 e. The van der Waals surface area contributed by atoms with Gasteiger partial charge < -0.3 is 9.84 Å². The van der Waals surface area contributed by atoms with Crippen LogP contribution in [-0.4, -0.2) is 28.3 Å². The van der Waals surface area contributed by atoms with Gasteiger partial charge in [0.1, 0.15) is 5.82 Å². The highest BCUT2D eigenvalue weighted by atomic mass is 19.4. The van der Waals surface area contributed by atoms with Crippen molar-refractivity contribution in [2.24, 2.45) is 0 Å². The van der Waals surface area contributed by atoms with E-state index in [0.717, 1.165) is 0 Å². The Labute approximate surface area is 108 Å². The molecule has 0 aliphatic rings. The van der Waals surface area contributed by atoms with Crippen molar-refractivity contribution in [3.63, 3.8) is 0 Å². The van der Waals surface area contributed by atoms with Crippen molar-refractivity contribution in [3.8, 4) is 5.75 Å². The minimum Gasteiger partial charge on any atom is -0.478 e. The monoisotopic (exact) mass is 297 g/mol. The maximum absolute atomic E-state index is 13.2. The standard InChI is InChI=1S/C10H7F4NO5/c1-4(10(12,13)14)20-8-2-5(9(16)17)6(11)3-7(8)15(18)19/h2-4H,1H3,(H,16,17). The summed E-state index contributed by atoms with van der Waals surface area (Å²) in [4.78, 5) is 20.1. The second-order valence-corrected chi connectivity index (χ2v) is 3.66. The van der Waals surface area contributed by atoms with Gasteiger partial charge in [0.2, 0.25) is 0 Å². The van der Waals surface area contributed by atoms with Crippen LogP contribution in [0.5, 0.6) is 5.75 Å². The van der Waals surface area contributed by atoms with Gasteiger partial charge in [0.15, 0.2) is 11.9 Å². The smallest absolute Gasteiger partial charge is 0.425 e. The minimum atomic E-state index is -4.81. The molecular formula is C10H7F4NO5. The third-order valence-corrected chi connectivity index (χ3v) is 2.24. The van der Waals surface area contributed by atoms with E-state index in [1.54, 1.807) is 0 Å². The van der Waals surface area contributed by atoms with Crippen LogP contribution in [0.1, 0.15) is 17.3 Å². The summed E-state index contributed by atoms with van der Waals surface area (Å²) in [5, 5.41) is 19.2. The lowest BCUT2D eigenvalue weighted by Gasteiger charge is -2.17. The first-order chi connectivity index (χ1) is 9.04. The van der Waals surface area contributed by atoms with E-state index in [4.69, 9.17) is 5.11 Å². The fraction of sp³-hybridized carbons (Fsp3) is 0.300. The Morgan fingerprint density at radius 1 is 1.45 bits per heavy atom. The number of carboxylic acids is 1. The van der Waals surface area contributed by atoms with Gasteiger partial charge in [0.25, 0.3) is 0 Å². The van der Waals surface area contributed by atoms with E-state index in [1.807, 2.05) is 0 Å². The molecule has 6 nitrogen and oxygen atoms in total. The van der Waals surface area contributed by atoms with Crippen LogP contribution in [0.15, 0.2) is 12.1 Å². The Bertz CT molecular complexity index is 557. The quantitative estimate of drug-likeness (QED) is 0.524. The van der Waals surface area contributed by atoms with Crippen LogP contribution in [0.4, 0.5) is 23.2 Å². The molecule has 0 spiro atoms. The molecule has 0 radical (unpaired) electrons. The number of alkyl halides is 3. The first-order valence-electron chi connectivity index (χ1n) is 4.98. The van der Waals surface area contributed by atoms with Gasteiger partial charge in [-0.2, -0.15) is 13.2 Å². The summed E-state index contributed by atoms with van der Waals surface area (Å²) in [5.41, 5.74) is -2.12. The third-order valence-electron chi connectivity index (χ3n) is 2.24. The predicted octanol–water partition coefficient (Wildman–Crippen LogP) is 2.76. The fourth-order valence-corrected chi connectivity index (χ4v) is 1.20. The van der Waals surface area contributed by atoms with Crippen LogP contribution in [0, 0.1) is 15.9 Å². The number of carboxylic acid groups (broad SMARTS) is 1. The Morgan fingerprint density at radius 3 is 2.40 bits per heavy atom. The molecule has 0 aromatic heterocycles. The normalized spacial score (nSPS) is 12.8. The molecule has 10 heteroatoms. The van der Waals surface area contributed by atoms with Crippen molar-refractivity contribution < 1.29 is 37.1 Å². The van der Waals surface area contributed by atoms with E-state index < -0.39 is 46.0 Å². The number of benzene rings is 1. The van der Waals surface area contributed by atoms with Gasteiger partial charge in [-0.1, -0.05) is 0 Å².